The SMILES string of the molecule is CCn1c(S[C@@H](C)C(=O)Nc2ccc(C)cc2)nnc1-c1ccco1. The number of hydrogen-bond acceptors (Lipinski definition) is 5. The lowest BCUT2D eigenvalue weighted by Crippen LogP contribution is -2.22. The van der Waals surface area contributed by atoms with Crippen LogP contribution in [0.4, 0.5) is 5.69 Å². The van der Waals surface area contributed by atoms with Crippen LogP contribution in [-0.4, -0.2) is 25.9 Å². The van der Waals surface area contributed by atoms with E-state index in [0.29, 0.717) is 23.3 Å². The Kier molecular flexibility index (Phi) is 5.23. The number of carbonyl (C=O) groups is 1. The van der Waals surface area contributed by atoms with E-state index in [-0.39, 0.29) is 11.2 Å². The van der Waals surface area contributed by atoms with Gasteiger partial charge in [-0.2, -0.15) is 0 Å². The number of rotatable bonds is 6. The molecule has 0 bridgehead atoms. The summed E-state index contributed by atoms with van der Waals surface area (Å²) in [7, 11) is 0. The summed E-state index contributed by atoms with van der Waals surface area (Å²) in [5.74, 6) is 1.26. The third-order valence-electron chi connectivity index (χ3n) is 3.75. The van der Waals surface area contributed by atoms with E-state index in [4.69, 9.17) is 4.42 Å². The first-order valence-corrected chi connectivity index (χ1v) is 8.97. The van der Waals surface area contributed by atoms with Crippen molar-refractivity contribution in [3.05, 3.63) is 48.2 Å². The van der Waals surface area contributed by atoms with E-state index in [0.717, 1.165) is 11.3 Å². The van der Waals surface area contributed by atoms with E-state index < -0.39 is 0 Å². The third-order valence-corrected chi connectivity index (χ3v) is 4.83. The molecule has 3 rings (SSSR count). The molecule has 130 valence electrons. The molecule has 0 saturated carbocycles. The summed E-state index contributed by atoms with van der Waals surface area (Å²) >= 11 is 1.38. The molecule has 2 aromatic heterocycles. The van der Waals surface area contributed by atoms with Crippen molar-refractivity contribution in [1.29, 1.82) is 0 Å². The Balaban J connectivity index is 1.71. The third kappa shape index (κ3) is 3.93. The molecule has 0 aliphatic heterocycles. The van der Waals surface area contributed by atoms with Crippen LogP contribution in [0.25, 0.3) is 11.6 Å². The number of furan rings is 1. The minimum absolute atomic E-state index is 0.0703. The minimum atomic E-state index is -0.305. The van der Waals surface area contributed by atoms with Gasteiger partial charge in [-0.25, -0.2) is 0 Å². The molecule has 0 spiro atoms. The summed E-state index contributed by atoms with van der Waals surface area (Å²) in [6.45, 7) is 6.57. The van der Waals surface area contributed by atoms with E-state index in [2.05, 4.69) is 15.5 Å². The van der Waals surface area contributed by atoms with Crippen molar-refractivity contribution in [1.82, 2.24) is 14.8 Å². The molecule has 0 aliphatic carbocycles. The molecular formula is C18H20N4O2S. The van der Waals surface area contributed by atoms with Gasteiger partial charge in [-0.3, -0.25) is 9.36 Å². The molecule has 1 atom stereocenters. The zero-order chi connectivity index (χ0) is 17.8. The second kappa shape index (κ2) is 7.57. The first-order valence-electron chi connectivity index (χ1n) is 8.09. The molecule has 0 radical (unpaired) electrons. The molecule has 0 unspecified atom stereocenters. The number of thioether (sulfide) groups is 1. The fourth-order valence-corrected chi connectivity index (χ4v) is 3.25. The average Bonchev–Trinajstić information content (AvgIpc) is 3.25. The number of benzene rings is 1. The number of nitrogens with zero attached hydrogens (tertiary/aromatic N) is 3. The topological polar surface area (TPSA) is 73.0 Å². The Hall–Kier alpha value is -2.54. The first kappa shape index (κ1) is 17.3. The highest BCUT2D eigenvalue weighted by atomic mass is 32.2. The van der Waals surface area contributed by atoms with Crippen molar-refractivity contribution < 1.29 is 9.21 Å². The van der Waals surface area contributed by atoms with Crippen molar-refractivity contribution in [2.75, 3.05) is 5.32 Å². The number of aromatic nitrogens is 3. The van der Waals surface area contributed by atoms with E-state index in [1.165, 1.54) is 11.8 Å². The average molecular weight is 356 g/mol. The molecule has 1 aromatic carbocycles. The Morgan fingerprint density at radius 3 is 2.68 bits per heavy atom. The number of anilines is 1. The molecule has 0 fully saturated rings. The van der Waals surface area contributed by atoms with Gasteiger partial charge in [-0.1, -0.05) is 29.5 Å². The van der Waals surface area contributed by atoms with Crippen molar-refractivity contribution in [3.63, 3.8) is 0 Å². The van der Waals surface area contributed by atoms with Gasteiger partial charge in [0.25, 0.3) is 0 Å². The molecule has 1 N–H and O–H groups in total. The maximum absolute atomic E-state index is 12.4. The smallest absolute Gasteiger partial charge is 0.237 e. The van der Waals surface area contributed by atoms with E-state index >= 15 is 0 Å². The Morgan fingerprint density at radius 2 is 2.04 bits per heavy atom. The van der Waals surface area contributed by atoms with Crippen molar-refractivity contribution in [2.24, 2.45) is 0 Å². The lowest BCUT2D eigenvalue weighted by molar-refractivity contribution is -0.115. The Labute approximate surface area is 150 Å². The molecule has 0 saturated heterocycles. The fraction of sp³-hybridized carbons (Fsp3) is 0.278. The quantitative estimate of drug-likeness (QED) is 0.676. The standard InChI is InChI=1S/C18H20N4O2S/c1-4-22-16(15-6-5-11-24-15)20-21-18(22)25-13(3)17(23)19-14-9-7-12(2)8-10-14/h5-11,13H,4H2,1-3H3,(H,19,23)/t13-/m0/s1. The summed E-state index contributed by atoms with van der Waals surface area (Å²) in [5.41, 5.74) is 1.94. The second-order valence-electron chi connectivity index (χ2n) is 5.64. The maximum Gasteiger partial charge on any atom is 0.237 e. The van der Waals surface area contributed by atoms with Gasteiger partial charge in [-0.05, 0) is 45.0 Å². The van der Waals surface area contributed by atoms with Crippen LogP contribution in [0.15, 0.2) is 52.2 Å². The highest BCUT2D eigenvalue weighted by Crippen LogP contribution is 2.27. The summed E-state index contributed by atoms with van der Waals surface area (Å²) in [4.78, 5) is 12.4. The van der Waals surface area contributed by atoms with Crippen LogP contribution in [-0.2, 0) is 11.3 Å². The van der Waals surface area contributed by atoms with Crippen LogP contribution < -0.4 is 5.32 Å². The normalized spacial score (nSPS) is 12.1. The fourth-order valence-electron chi connectivity index (χ4n) is 2.34. The molecule has 25 heavy (non-hydrogen) atoms. The molecule has 1 amide bonds. The van der Waals surface area contributed by atoms with Gasteiger partial charge in [0.05, 0.1) is 11.5 Å². The summed E-state index contributed by atoms with van der Waals surface area (Å²) in [6, 6.07) is 11.4. The molecule has 0 aliphatic rings. The molecule has 7 heteroatoms. The Morgan fingerprint density at radius 1 is 1.28 bits per heavy atom. The lowest BCUT2D eigenvalue weighted by atomic mass is 10.2. The molecule has 6 nitrogen and oxygen atoms in total. The van der Waals surface area contributed by atoms with Crippen LogP contribution >= 0.6 is 11.8 Å². The van der Waals surface area contributed by atoms with Crippen LogP contribution in [0.5, 0.6) is 0 Å². The van der Waals surface area contributed by atoms with E-state index in [1.807, 2.05) is 61.7 Å². The zero-order valence-corrected chi connectivity index (χ0v) is 15.2. The maximum atomic E-state index is 12.4. The summed E-state index contributed by atoms with van der Waals surface area (Å²) < 4.78 is 7.35. The predicted octanol–water partition coefficient (Wildman–Crippen LogP) is 3.99. The Bertz CT molecular complexity index is 841. The highest BCUT2D eigenvalue weighted by Gasteiger charge is 2.21. The largest absolute Gasteiger partial charge is 0.461 e. The van der Waals surface area contributed by atoms with Crippen molar-refractivity contribution >= 4 is 23.4 Å². The second-order valence-corrected chi connectivity index (χ2v) is 6.95. The van der Waals surface area contributed by atoms with Gasteiger partial charge in [0.1, 0.15) is 0 Å². The van der Waals surface area contributed by atoms with Crippen LogP contribution in [0, 0.1) is 6.92 Å². The number of carbonyl (C=O) groups excluding carboxylic acids is 1. The number of nitrogens with one attached hydrogen (secondary N) is 1. The zero-order valence-electron chi connectivity index (χ0n) is 14.4. The van der Waals surface area contributed by atoms with E-state index in [9.17, 15) is 4.79 Å². The monoisotopic (exact) mass is 356 g/mol. The van der Waals surface area contributed by atoms with Gasteiger partial charge in [-0.15, -0.1) is 10.2 Å². The highest BCUT2D eigenvalue weighted by molar-refractivity contribution is 8.00. The van der Waals surface area contributed by atoms with Gasteiger partial charge in [0, 0.05) is 12.2 Å². The number of aryl methyl sites for hydroxylation is 1. The van der Waals surface area contributed by atoms with Gasteiger partial charge in [0.2, 0.25) is 5.91 Å². The van der Waals surface area contributed by atoms with Crippen LogP contribution in [0.2, 0.25) is 0 Å². The molecular weight excluding hydrogens is 336 g/mol. The number of hydrogen-bond donors (Lipinski definition) is 1. The molecule has 2 heterocycles. The lowest BCUT2D eigenvalue weighted by Gasteiger charge is -2.12. The van der Waals surface area contributed by atoms with Gasteiger partial charge < -0.3 is 9.73 Å². The van der Waals surface area contributed by atoms with Gasteiger partial charge in [0.15, 0.2) is 16.7 Å². The van der Waals surface area contributed by atoms with Crippen LogP contribution in [0.3, 0.4) is 0 Å². The van der Waals surface area contributed by atoms with Gasteiger partial charge >= 0.3 is 0 Å². The summed E-state index contributed by atoms with van der Waals surface area (Å²) in [6.07, 6.45) is 1.61. The molecule has 3 aromatic rings. The summed E-state index contributed by atoms with van der Waals surface area (Å²) in [5, 5.41) is 11.7. The minimum Gasteiger partial charge on any atom is -0.461 e. The predicted molar refractivity (Wildman–Crippen MR) is 98.5 cm³/mol. The first-order chi connectivity index (χ1) is 12.1. The van der Waals surface area contributed by atoms with Crippen molar-refractivity contribution in [2.45, 2.75) is 37.7 Å². The number of amides is 1. The van der Waals surface area contributed by atoms with E-state index in [1.54, 1.807) is 6.26 Å². The van der Waals surface area contributed by atoms with Crippen molar-refractivity contribution in [3.8, 4) is 11.6 Å². The van der Waals surface area contributed by atoms with Crippen LogP contribution in [0.1, 0.15) is 19.4 Å².